The highest BCUT2D eigenvalue weighted by atomic mass is 19.1. The second-order valence-corrected chi connectivity index (χ2v) is 6.36. The molecule has 1 aromatic heterocycles. The molecule has 0 aliphatic carbocycles. The van der Waals surface area contributed by atoms with Crippen molar-refractivity contribution in [3.63, 3.8) is 0 Å². The van der Waals surface area contributed by atoms with E-state index >= 15 is 0 Å². The number of amides is 2. The number of nitrogens with zero attached hydrogens (tertiary/aromatic N) is 1. The van der Waals surface area contributed by atoms with Gasteiger partial charge in [0, 0.05) is 12.3 Å². The van der Waals surface area contributed by atoms with Gasteiger partial charge in [-0.1, -0.05) is 18.2 Å². The molecular weight excluding hydrogens is 401 g/mol. The summed E-state index contributed by atoms with van der Waals surface area (Å²) in [5.41, 5.74) is 6.01. The Kier molecular flexibility index (Phi) is 7.31. The molecule has 2 aromatic carbocycles. The van der Waals surface area contributed by atoms with E-state index in [-0.39, 0.29) is 18.8 Å². The predicted octanol–water partition coefficient (Wildman–Crippen LogP) is 3.92. The Bertz CT molecular complexity index is 1090. The van der Waals surface area contributed by atoms with Crippen molar-refractivity contribution in [2.24, 2.45) is 5.73 Å². The number of hydrogen-bond acceptors (Lipinski definition) is 5. The summed E-state index contributed by atoms with van der Waals surface area (Å²) in [6, 6.07) is 14.5. The lowest BCUT2D eigenvalue weighted by atomic mass is 10.2. The summed E-state index contributed by atoms with van der Waals surface area (Å²) >= 11 is 0. The Morgan fingerprint density at radius 2 is 1.94 bits per heavy atom. The molecule has 0 saturated carbocycles. The van der Waals surface area contributed by atoms with Crippen molar-refractivity contribution in [3.05, 3.63) is 84.4 Å². The molecule has 0 unspecified atom stereocenters. The third-order valence-corrected chi connectivity index (χ3v) is 4.00. The highest BCUT2D eigenvalue weighted by molar-refractivity contribution is 6.02. The minimum atomic E-state index is -0.570. The molecular formula is C23H20FN3O4. The molecule has 0 fully saturated rings. The lowest BCUT2D eigenvalue weighted by Gasteiger charge is -2.11. The highest BCUT2D eigenvalue weighted by Gasteiger charge is 2.08. The number of carbonyl (C=O) groups is 2. The SMILES string of the molecule is NC(=O)CCOc1ccccc1NC(=O)/C=C/c1ccc(Oc2cccnc2)c(F)c1. The van der Waals surface area contributed by atoms with Crippen LogP contribution < -0.4 is 20.5 Å². The zero-order valence-electron chi connectivity index (χ0n) is 16.5. The number of halogens is 1. The minimum absolute atomic E-state index is 0.0524. The largest absolute Gasteiger partial charge is 0.491 e. The lowest BCUT2D eigenvalue weighted by molar-refractivity contribution is -0.118. The average molecular weight is 421 g/mol. The van der Waals surface area contributed by atoms with Crippen LogP contribution in [0.1, 0.15) is 12.0 Å². The van der Waals surface area contributed by atoms with Crippen LogP contribution in [0.2, 0.25) is 0 Å². The molecule has 0 atom stereocenters. The van der Waals surface area contributed by atoms with Gasteiger partial charge in [0.05, 0.1) is 24.9 Å². The number of primary amides is 1. The van der Waals surface area contributed by atoms with E-state index in [0.717, 1.165) is 0 Å². The van der Waals surface area contributed by atoms with Gasteiger partial charge in [0.15, 0.2) is 11.6 Å². The molecule has 0 aliphatic rings. The summed E-state index contributed by atoms with van der Waals surface area (Å²) in [5.74, 6) is -0.596. The van der Waals surface area contributed by atoms with Gasteiger partial charge in [-0.3, -0.25) is 14.6 Å². The molecule has 31 heavy (non-hydrogen) atoms. The summed E-state index contributed by atoms with van der Waals surface area (Å²) in [6.45, 7) is 0.102. The maximum atomic E-state index is 14.3. The molecule has 0 radical (unpaired) electrons. The van der Waals surface area contributed by atoms with E-state index < -0.39 is 17.6 Å². The Labute approximate surface area is 178 Å². The standard InChI is InChI=1S/C23H20FN3O4/c24-18-14-16(7-9-20(18)31-17-4-3-12-26-15-17)8-10-23(29)27-19-5-1-2-6-21(19)30-13-11-22(25)28/h1-10,12,14-15H,11,13H2,(H2,25,28)(H,27,29)/b10-8+. The number of rotatable bonds is 9. The van der Waals surface area contributed by atoms with Gasteiger partial charge in [-0.05, 0) is 48.0 Å². The van der Waals surface area contributed by atoms with Crippen LogP contribution in [-0.2, 0) is 9.59 Å². The van der Waals surface area contributed by atoms with Crippen LogP contribution in [0.5, 0.6) is 17.2 Å². The van der Waals surface area contributed by atoms with Gasteiger partial charge in [-0.2, -0.15) is 0 Å². The fraction of sp³-hybridized carbons (Fsp3) is 0.0870. The van der Waals surface area contributed by atoms with Crippen molar-refractivity contribution in [2.75, 3.05) is 11.9 Å². The summed E-state index contributed by atoms with van der Waals surface area (Å²) in [4.78, 5) is 27.0. The van der Waals surface area contributed by atoms with Crippen LogP contribution in [0.3, 0.4) is 0 Å². The molecule has 3 aromatic rings. The van der Waals surface area contributed by atoms with Gasteiger partial charge in [0.1, 0.15) is 11.5 Å². The lowest BCUT2D eigenvalue weighted by Crippen LogP contribution is -2.15. The van der Waals surface area contributed by atoms with Gasteiger partial charge in [-0.25, -0.2) is 4.39 Å². The van der Waals surface area contributed by atoms with Crippen molar-refractivity contribution in [1.82, 2.24) is 4.98 Å². The number of ether oxygens (including phenoxy) is 2. The quantitative estimate of drug-likeness (QED) is 0.510. The van der Waals surface area contributed by atoms with E-state index in [4.69, 9.17) is 15.2 Å². The summed E-state index contributed by atoms with van der Waals surface area (Å²) in [7, 11) is 0. The number of hydrogen-bond donors (Lipinski definition) is 2. The van der Waals surface area contributed by atoms with E-state index in [0.29, 0.717) is 22.7 Å². The molecule has 3 rings (SSSR count). The van der Waals surface area contributed by atoms with E-state index in [2.05, 4.69) is 10.3 Å². The summed E-state index contributed by atoms with van der Waals surface area (Å²) in [5, 5.41) is 2.69. The number of aromatic nitrogens is 1. The number of pyridine rings is 1. The zero-order valence-corrected chi connectivity index (χ0v) is 16.5. The number of benzene rings is 2. The van der Waals surface area contributed by atoms with E-state index in [1.165, 1.54) is 30.5 Å². The van der Waals surface area contributed by atoms with E-state index in [9.17, 15) is 14.0 Å². The van der Waals surface area contributed by atoms with Crippen LogP contribution >= 0.6 is 0 Å². The molecule has 0 saturated heterocycles. The smallest absolute Gasteiger partial charge is 0.248 e. The fourth-order valence-electron chi connectivity index (χ4n) is 2.54. The van der Waals surface area contributed by atoms with Crippen LogP contribution in [0.15, 0.2) is 73.1 Å². The first-order valence-electron chi connectivity index (χ1n) is 9.38. The molecule has 3 N–H and O–H groups in total. The topological polar surface area (TPSA) is 104 Å². The minimum Gasteiger partial charge on any atom is -0.491 e. The van der Waals surface area contributed by atoms with E-state index in [1.807, 2.05) is 0 Å². The maximum absolute atomic E-state index is 14.3. The van der Waals surface area contributed by atoms with Crippen LogP contribution in [-0.4, -0.2) is 23.4 Å². The first-order valence-corrected chi connectivity index (χ1v) is 9.38. The van der Waals surface area contributed by atoms with Gasteiger partial charge in [0.25, 0.3) is 0 Å². The molecule has 8 heteroatoms. The Morgan fingerprint density at radius 3 is 2.68 bits per heavy atom. The van der Waals surface area contributed by atoms with E-state index in [1.54, 1.807) is 48.7 Å². The summed E-state index contributed by atoms with van der Waals surface area (Å²) < 4.78 is 25.2. The average Bonchev–Trinajstić information content (AvgIpc) is 2.76. The van der Waals surface area contributed by atoms with Crippen molar-refractivity contribution in [1.29, 1.82) is 0 Å². The Hall–Kier alpha value is -4.20. The second kappa shape index (κ2) is 10.5. The maximum Gasteiger partial charge on any atom is 0.248 e. The normalized spacial score (nSPS) is 10.6. The van der Waals surface area contributed by atoms with Gasteiger partial charge in [-0.15, -0.1) is 0 Å². The number of nitrogens with one attached hydrogen (secondary N) is 1. The molecule has 0 bridgehead atoms. The van der Waals surface area contributed by atoms with Crippen molar-refractivity contribution in [2.45, 2.75) is 6.42 Å². The van der Waals surface area contributed by atoms with Crippen LogP contribution in [0.4, 0.5) is 10.1 Å². The third kappa shape index (κ3) is 6.67. The van der Waals surface area contributed by atoms with Gasteiger partial charge < -0.3 is 20.5 Å². The molecule has 0 aliphatic heterocycles. The Balaban J connectivity index is 1.61. The number of anilines is 1. The number of carbonyl (C=O) groups excluding carboxylic acids is 2. The van der Waals surface area contributed by atoms with Crippen molar-refractivity contribution in [3.8, 4) is 17.2 Å². The van der Waals surface area contributed by atoms with Gasteiger partial charge in [0.2, 0.25) is 11.8 Å². The Morgan fingerprint density at radius 1 is 1.10 bits per heavy atom. The van der Waals surface area contributed by atoms with Gasteiger partial charge >= 0.3 is 0 Å². The molecule has 158 valence electrons. The van der Waals surface area contributed by atoms with Crippen LogP contribution in [0, 0.1) is 5.82 Å². The first kappa shape index (κ1) is 21.5. The predicted molar refractivity (Wildman–Crippen MR) is 114 cm³/mol. The molecule has 0 spiro atoms. The monoisotopic (exact) mass is 421 g/mol. The number of nitrogens with two attached hydrogens (primary N) is 1. The molecule has 2 amide bonds. The molecule has 1 heterocycles. The van der Waals surface area contributed by atoms with Crippen LogP contribution in [0.25, 0.3) is 6.08 Å². The highest BCUT2D eigenvalue weighted by Crippen LogP contribution is 2.26. The van der Waals surface area contributed by atoms with Crippen molar-refractivity contribution >= 4 is 23.6 Å². The van der Waals surface area contributed by atoms with Crippen molar-refractivity contribution < 1.29 is 23.5 Å². The fourth-order valence-corrected chi connectivity index (χ4v) is 2.54. The zero-order chi connectivity index (χ0) is 22.1. The number of para-hydroxylation sites is 2. The summed E-state index contributed by atoms with van der Waals surface area (Å²) in [6.07, 6.45) is 5.88. The first-order chi connectivity index (χ1) is 15.0. The molecule has 7 nitrogen and oxygen atoms in total. The third-order valence-electron chi connectivity index (χ3n) is 4.00. The second-order valence-electron chi connectivity index (χ2n) is 6.36.